The molecule has 0 saturated carbocycles. The van der Waals surface area contributed by atoms with Gasteiger partial charge in [-0.3, -0.25) is 0 Å². The maximum absolute atomic E-state index is 13.3. The lowest BCUT2D eigenvalue weighted by molar-refractivity contribution is 0.205. The molecule has 0 aliphatic carbocycles. The second-order valence-electron chi connectivity index (χ2n) is 4.29. The van der Waals surface area contributed by atoms with Crippen LogP contribution in [0.5, 0.6) is 5.75 Å². The summed E-state index contributed by atoms with van der Waals surface area (Å²) in [7, 11) is 0. The summed E-state index contributed by atoms with van der Waals surface area (Å²) >= 11 is 4.08. The van der Waals surface area contributed by atoms with Crippen molar-refractivity contribution >= 4 is 12.6 Å². The number of benzene rings is 1. The first-order valence-corrected chi connectivity index (χ1v) is 6.08. The van der Waals surface area contributed by atoms with E-state index in [9.17, 15) is 17.6 Å². The van der Waals surface area contributed by atoms with Crippen molar-refractivity contribution in [2.24, 2.45) is 11.8 Å². The molecule has 1 rings (SSSR count). The van der Waals surface area contributed by atoms with E-state index in [-0.39, 0.29) is 24.5 Å². The molecule has 18 heavy (non-hydrogen) atoms. The molecule has 0 fully saturated rings. The number of ether oxygens (including phenoxy) is 1. The van der Waals surface area contributed by atoms with Crippen molar-refractivity contribution in [1.29, 1.82) is 0 Å². The summed E-state index contributed by atoms with van der Waals surface area (Å²) < 4.78 is 57.2. The Balaban J connectivity index is 2.91. The van der Waals surface area contributed by atoms with Gasteiger partial charge in [0.15, 0.2) is 17.4 Å². The van der Waals surface area contributed by atoms with Crippen LogP contribution in [0.1, 0.15) is 13.8 Å². The summed E-state index contributed by atoms with van der Waals surface area (Å²) in [5, 5.41) is 0. The normalized spacial score (nSPS) is 12.9. The second-order valence-corrected chi connectivity index (χ2v) is 4.66. The van der Waals surface area contributed by atoms with E-state index in [0.717, 1.165) is 0 Å². The van der Waals surface area contributed by atoms with Crippen LogP contribution in [-0.2, 0) is 0 Å². The predicted octanol–water partition coefficient (Wildman–Crippen LogP) is 3.82. The minimum atomic E-state index is -1.52. The molecule has 0 aliphatic heterocycles. The zero-order valence-corrected chi connectivity index (χ0v) is 10.9. The molecular weight excluding hydrogens is 268 g/mol. The molecule has 1 aromatic rings. The van der Waals surface area contributed by atoms with E-state index < -0.39 is 29.0 Å². The first kappa shape index (κ1) is 15.1. The Hall–Kier alpha value is -0.910. The standard InChI is InChI=1S/C12H14F4OS/c1-6(2)7(5-18)4-17-12-10(15)8(13)3-9(14)11(12)16/h3,6-7,18H,4-5H2,1-2H3. The van der Waals surface area contributed by atoms with E-state index in [1.165, 1.54) is 0 Å². The van der Waals surface area contributed by atoms with Crippen LogP contribution in [0.2, 0.25) is 0 Å². The molecule has 0 saturated heterocycles. The fourth-order valence-electron chi connectivity index (χ4n) is 1.32. The third kappa shape index (κ3) is 3.31. The minimum absolute atomic E-state index is 0.0576. The molecule has 0 spiro atoms. The van der Waals surface area contributed by atoms with Crippen molar-refractivity contribution in [3.05, 3.63) is 29.3 Å². The summed E-state index contributed by atoms with van der Waals surface area (Å²) in [6.45, 7) is 3.73. The van der Waals surface area contributed by atoms with Crippen LogP contribution in [0.3, 0.4) is 0 Å². The number of hydrogen-bond donors (Lipinski definition) is 1. The maximum Gasteiger partial charge on any atom is 0.203 e. The minimum Gasteiger partial charge on any atom is -0.487 e. The van der Waals surface area contributed by atoms with Crippen molar-refractivity contribution in [2.45, 2.75) is 13.8 Å². The molecule has 1 nitrogen and oxygen atoms in total. The number of halogens is 4. The third-order valence-electron chi connectivity index (χ3n) is 2.69. The summed E-state index contributed by atoms with van der Waals surface area (Å²) in [4.78, 5) is 0. The summed E-state index contributed by atoms with van der Waals surface area (Å²) in [6, 6.07) is 0.149. The average molecular weight is 282 g/mol. The van der Waals surface area contributed by atoms with Crippen LogP contribution in [0.25, 0.3) is 0 Å². The summed E-state index contributed by atoms with van der Waals surface area (Å²) in [5.41, 5.74) is 0. The molecule has 0 heterocycles. The van der Waals surface area contributed by atoms with Gasteiger partial charge in [-0.05, 0) is 11.7 Å². The van der Waals surface area contributed by atoms with Crippen LogP contribution >= 0.6 is 12.6 Å². The first-order valence-electron chi connectivity index (χ1n) is 5.45. The van der Waals surface area contributed by atoms with Gasteiger partial charge < -0.3 is 4.74 Å². The zero-order chi connectivity index (χ0) is 13.9. The predicted molar refractivity (Wildman–Crippen MR) is 64.0 cm³/mol. The zero-order valence-electron chi connectivity index (χ0n) is 10.0. The van der Waals surface area contributed by atoms with Crippen molar-refractivity contribution in [3.63, 3.8) is 0 Å². The summed E-state index contributed by atoms with van der Waals surface area (Å²) in [5.74, 6) is -6.46. The third-order valence-corrected chi connectivity index (χ3v) is 3.16. The molecule has 0 radical (unpaired) electrons. The maximum atomic E-state index is 13.3. The quantitative estimate of drug-likeness (QED) is 0.490. The van der Waals surface area contributed by atoms with Crippen LogP contribution in [-0.4, -0.2) is 12.4 Å². The number of hydrogen-bond acceptors (Lipinski definition) is 2. The van der Waals surface area contributed by atoms with E-state index in [1.807, 2.05) is 13.8 Å². The lowest BCUT2D eigenvalue weighted by atomic mass is 9.99. The molecular formula is C12H14F4OS. The topological polar surface area (TPSA) is 9.23 Å². The van der Waals surface area contributed by atoms with Crippen molar-refractivity contribution in [3.8, 4) is 5.75 Å². The highest BCUT2D eigenvalue weighted by Gasteiger charge is 2.22. The fourth-order valence-corrected chi connectivity index (χ4v) is 1.85. The van der Waals surface area contributed by atoms with Crippen molar-refractivity contribution < 1.29 is 22.3 Å². The van der Waals surface area contributed by atoms with E-state index in [0.29, 0.717) is 5.75 Å². The van der Waals surface area contributed by atoms with Crippen LogP contribution in [0.4, 0.5) is 17.6 Å². The van der Waals surface area contributed by atoms with Gasteiger partial charge in [0.25, 0.3) is 0 Å². The number of rotatable bonds is 5. The van der Waals surface area contributed by atoms with Gasteiger partial charge in [0.1, 0.15) is 0 Å². The van der Waals surface area contributed by atoms with Gasteiger partial charge >= 0.3 is 0 Å². The Morgan fingerprint density at radius 2 is 1.61 bits per heavy atom. The van der Waals surface area contributed by atoms with Gasteiger partial charge in [0.05, 0.1) is 6.61 Å². The largest absolute Gasteiger partial charge is 0.487 e. The molecule has 6 heteroatoms. The van der Waals surface area contributed by atoms with Crippen molar-refractivity contribution in [2.75, 3.05) is 12.4 Å². The van der Waals surface area contributed by atoms with E-state index in [2.05, 4.69) is 12.6 Å². The summed E-state index contributed by atoms with van der Waals surface area (Å²) in [6.07, 6.45) is 0. The Kier molecular flexibility index (Phi) is 5.31. The molecule has 0 bridgehead atoms. The molecule has 1 unspecified atom stereocenters. The Morgan fingerprint density at radius 3 is 2.00 bits per heavy atom. The average Bonchev–Trinajstić information content (AvgIpc) is 2.31. The Labute approximate surface area is 109 Å². The first-order chi connectivity index (χ1) is 8.38. The lowest BCUT2D eigenvalue weighted by Crippen LogP contribution is -2.20. The molecule has 0 aliphatic rings. The highest BCUT2D eigenvalue weighted by molar-refractivity contribution is 7.80. The lowest BCUT2D eigenvalue weighted by Gasteiger charge is -2.19. The molecule has 0 aromatic heterocycles. The van der Waals surface area contributed by atoms with E-state index >= 15 is 0 Å². The van der Waals surface area contributed by atoms with Crippen molar-refractivity contribution in [1.82, 2.24) is 0 Å². The van der Waals surface area contributed by atoms with Gasteiger partial charge in [0.2, 0.25) is 11.6 Å². The van der Waals surface area contributed by atoms with Gasteiger partial charge in [-0.2, -0.15) is 21.4 Å². The Bertz CT molecular complexity index is 397. The van der Waals surface area contributed by atoms with E-state index in [4.69, 9.17) is 4.74 Å². The SMILES string of the molecule is CC(C)C(CS)COc1c(F)c(F)cc(F)c1F. The monoisotopic (exact) mass is 282 g/mol. The molecule has 0 amide bonds. The van der Waals surface area contributed by atoms with Crippen LogP contribution < -0.4 is 4.74 Å². The second kappa shape index (κ2) is 6.31. The highest BCUT2D eigenvalue weighted by Crippen LogP contribution is 2.27. The Morgan fingerprint density at radius 1 is 1.11 bits per heavy atom. The highest BCUT2D eigenvalue weighted by atomic mass is 32.1. The molecule has 1 aromatic carbocycles. The van der Waals surface area contributed by atoms with Gasteiger partial charge in [-0.1, -0.05) is 13.8 Å². The smallest absolute Gasteiger partial charge is 0.203 e. The van der Waals surface area contributed by atoms with Gasteiger partial charge in [-0.15, -0.1) is 0 Å². The van der Waals surface area contributed by atoms with E-state index in [1.54, 1.807) is 0 Å². The van der Waals surface area contributed by atoms with Gasteiger partial charge in [-0.25, -0.2) is 8.78 Å². The molecule has 1 atom stereocenters. The number of thiol groups is 1. The van der Waals surface area contributed by atoms with Gasteiger partial charge in [0, 0.05) is 12.0 Å². The molecule has 102 valence electrons. The van der Waals surface area contributed by atoms with Crippen LogP contribution in [0.15, 0.2) is 6.07 Å². The molecule has 0 N–H and O–H groups in total. The fraction of sp³-hybridized carbons (Fsp3) is 0.500. The van der Waals surface area contributed by atoms with Crippen LogP contribution in [0, 0.1) is 35.1 Å².